The first-order valence-electron chi connectivity index (χ1n) is 9.22. The Balaban J connectivity index is 1.37. The summed E-state index contributed by atoms with van der Waals surface area (Å²) in [4.78, 5) is 8.86. The quantitative estimate of drug-likeness (QED) is 0.395. The summed E-state index contributed by atoms with van der Waals surface area (Å²) in [7, 11) is 0. The minimum absolute atomic E-state index is 0.627. The summed E-state index contributed by atoms with van der Waals surface area (Å²) < 4.78 is 0. The molecule has 0 radical (unpaired) electrons. The van der Waals surface area contributed by atoms with Crippen LogP contribution in [-0.4, -0.2) is 53.4 Å². The molecule has 0 saturated carbocycles. The van der Waals surface area contributed by atoms with Crippen LogP contribution in [0.4, 0.5) is 17.1 Å². The summed E-state index contributed by atoms with van der Waals surface area (Å²) in [5.74, 6) is 0. The molecule has 0 spiro atoms. The molecule has 2 aromatic rings. The summed E-state index contributed by atoms with van der Waals surface area (Å²) in [5.41, 5.74) is 13.3. The lowest BCUT2D eigenvalue weighted by Crippen LogP contribution is -2.51. The van der Waals surface area contributed by atoms with E-state index < -0.39 is 0 Å². The first kappa shape index (κ1) is 18.8. The first-order chi connectivity index (χ1) is 13.6. The van der Waals surface area contributed by atoms with Gasteiger partial charge in [0, 0.05) is 56.7 Å². The Hall–Kier alpha value is -2.58. The van der Waals surface area contributed by atoms with E-state index in [1.54, 1.807) is 12.3 Å². The van der Waals surface area contributed by atoms with E-state index in [1.807, 2.05) is 18.2 Å². The molecule has 1 aromatic carbocycles. The fourth-order valence-electron chi connectivity index (χ4n) is 3.43. The van der Waals surface area contributed by atoms with Crippen molar-refractivity contribution in [1.82, 2.24) is 15.3 Å². The highest BCUT2D eigenvalue weighted by atomic mass is 35.5. The van der Waals surface area contributed by atoms with Crippen LogP contribution in [0.15, 0.2) is 41.6 Å². The van der Waals surface area contributed by atoms with Crippen LogP contribution in [0.3, 0.4) is 0 Å². The number of aromatic nitrogens is 1. The summed E-state index contributed by atoms with van der Waals surface area (Å²) in [6, 6.07) is 9.75. The molecule has 3 heterocycles. The molecule has 9 heteroatoms. The van der Waals surface area contributed by atoms with E-state index in [4.69, 9.17) is 29.6 Å². The van der Waals surface area contributed by atoms with Crippen molar-refractivity contribution in [3.8, 4) is 0 Å². The molecule has 1 fully saturated rings. The molecule has 0 atom stereocenters. The molecule has 0 unspecified atom stereocenters. The van der Waals surface area contributed by atoms with Crippen molar-refractivity contribution >= 4 is 51.7 Å². The number of thiocarbonyl (C=S) groups is 1. The minimum Gasteiger partial charge on any atom is -0.399 e. The van der Waals surface area contributed by atoms with Crippen molar-refractivity contribution in [2.45, 2.75) is 6.42 Å². The fraction of sp³-hybridized carbons (Fsp3) is 0.316. The van der Waals surface area contributed by atoms with Gasteiger partial charge >= 0.3 is 0 Å². The number of pyridine rings is 1. The second kappa shape index (κ2) is 8.20. The third-order valence-corrected chi connectivity index (χ3v) is 5.59. The van der Waals surface area contributed by atoms with E-state index in [2.05, 4.69) is 36.7 Å². The van der Waals surface area contributed by atoms with Crippen LogP contribution in [-0.2, 0) is 0 Å². The van der Waals surface area contributed by atoms with Gasteiger partial charge in [-0.15, -0.1) is 0 Å². The molecule has 7 nitrogen and oxygen atoms in total. The maximum atomic E-state index is 6.24. The van der Waals surface area contributed by atoms with E-state index >= 15 is 0 Å². The molecule has 1 saturated heterocycles. The average molecular weight is 416 g/mol. The Labute approximate surface area is 174 Å². The maximum Gasteiger partial charge on any atom is 0.189 e. The van der Waals surface area contributed by atoms with Crippen LogP contribution in [0.1, 0.15) is 12.1 Å². The SMILES string of the molecule is Nc1cccc(N2CCN(C(=S)N/N=C3/CCNc4c(Cl)ccnc43)CC2)c1. The number of hydrogen-bond acceptors (Lipinski definition) is 6. The average Bonchev–Trinajstić information content (AvgIpc) is 2.72. The number of piperazine rings is 1. The Morgan fingerprint density at radius 2 is 2.07 bits per heavy atom. The van der Waals surface area contributed by atoms with Crippen molar-refractivity contribution < 1.29 is 0 Å². The van der Waals surface area contributed by atoms with E-state index in [0.717, 1.165) is 67.6 Å². The highest BCUT2D eigenvalue weighted by Crippen LogP contribution is 2.28. The van der Waals surface area contributed by atoms with E-state index in [-0.39, 0.29) is 0 Å². The topological polar surface area (TPSA) is 81.8 Å². The first-order valence-corrected chi connectivity index (χ1v) is 10.0. The highest BCUT2D eigenvalue weighted by Gasteiger charge is 2.21. The zero-order valence-electron chi connectivity index (χ0n) is 15.4. The largest absolute Gasteiger partial charge is 0.399 e. The standard InChI is InChI=1S/C19H22ClN7S/c20-15-4-6-23-18-16(5-7-22-17(15)18)24-25-19(28)27-10-8-26(9-11-27)14-3-1-2-13(21)12-14/h1-4,6,12,22H,5,7-11,21H2,(H,25,28)/b24-16-. The predicted octanol–water partition coefficient (Wildman–Crippen LogP) is 2.53. The fourth-order valence-corrected chi connectivity index (χ4v) is 3.87. The Morgan fingerprint density at radius 3 is 2.86 bits per heavy atom. The van der Waals surface area contributed by atoms with Gasteiger partial charge in [-0.1, -0.05) is 17.7 Å². The van der Waals surface area contributed by atoms with E-state index in [0.29, 0.717) is 10.1 Å². The third-order valence-electron chi connectivity index (χ3n) is 4.93. The molecular weight excluding hydrogens is 394 g/mol. The number of rotatable bonds is 2. The summed E-state index contributed by atoms with van der Waals surface area (Å²) in [5, 5.41) is 9.07. The summed E-state index contributed by atoms with van der Waals surface area (Å²) in [6.07, 6.45) is 2.46. The number of nitrogens with one attached hydrogen (secondary N) is 2. The van der Waals surface area contributed by atoms with Gasteiger partial charge in [0.25, 0.3) is 0 Å². The lowest BCUT2D eigenvalue weighted by Gasteiger charge is -2.37. The van der Waals surface area contributed by atoms with E-state index in [1.165, 1.54) is 0 Å². The molecule has 146 valence electrons. The van der Waals surface area contributed by atoms with Crippen LogP contribution in [0.5, 0.6) is 0 Å². The molecule has 4 N–H and O–H groups in total. The summed E-state index contributed by atoms with van der Waals surface area (Å²) >= 11 is 11.8. The number of nitrogens with zero attached hydrogens (tertiary/aromatic N) is 4. The number of hydrazone groups is 1. The maximum absolute atomic E-state index is 6.24. The molecule has 2 aliphatic heterocycles. The Bertz CT molecular complexity index is 909. The van der Waals surface area contributed by atoms with Gasteiger partial charge in [0.05, 0.1) is 16.4 Å². The van der Waals surface area contributed by atoms with Crippen LogP contribution >= 0.6 is 23.8 Å². The second-order valence-corrected chi connectivity index (χ2v) is 7.53. The number of nitrogen functional groups attached to an aromatic ring is 1. The van der Waals surface area contributed by atoms with Crippen LogP contribution < -0.4 is 21.4 Å². The van der Waals surface area contributed by atoms with E-state index in [9.17, 15) is 0 Å². The van der Waals surface area contributed by atoms with Gasteiger partial charge in [-0.3, -0.25) is 10.4 Å². The number of benzene rings is 1. The molecule has 4 rings (SSSR count). The number of anilines is 3. The smallest absolute Gasteiger partial charge is 0.189 e. The number of nitrogens with two attached hydrogens (primary N) is 1. The highest BCUT2D eigenvalue weighted by molar-refractivity contribution is 7.80. The van der Waals surface area contributed by atoms with Crippen LogP contribution in [0.2, 0.25) is 5.02 Å². The monoisotopic (exact) mass is 415 g/mol. The van der Waals surface area contributed by atoms with Crippen molar-refractivity contribution in [3.05, 3.63) is 47.2 Å². The second-order valence-electron chi connectivity index (χ2n) is 6.74. The molecular formula is C19H22ClN7S. The number of halogens is 1. The lowest BCUT2D eigenvalue weighted by atomic mass is 10.1. The molecule has 0 amide bonds. The molecule has 0 bridgehead atoms. The Kier molecular flexibility index (Phi) is 5.50. The number of hydrogen-bond donors (Lipinski definition) is 3. The molecule has 28 heavy (non-hydrogen) atoms. The van der Waals surface area contributed by atoms with Gasteiger partial charge in [0.15, 0.2) is 5.11 Å². The zero-order valence-corrected chi connectivity index (χ0v) is 16.9. The predicted molar refractivity (Wildman–Crippen MR) is 119 cm³/mol. The van der Waals surface area contributed by atoms with Crippen LogP contribution in [0.25, 0.3) is 0 Å². The van der Waals surface area contributed by atoms with Gasteiger partial charge in [0.1, 0.15) is 5.69 Å². The third kappa shape index (κ3) is 3.98. The van der Waals surface area contributed by atoms with Gasteiger partial charge < -0.3 is 20.9 Å². The van der Waals surface area contributed by atoms with Crippen LogP contribution in [0, 0.1) is 0 Å². The van der Waals surface area contributed by atoms with Crippen molar-refractivity contribution in [2.24, 2.45) is 5.10 Å². The minimum atomic E-state index is 0.627. The normalized spacial score (nSPS) is 17.8. The van der Waals surface area contributed by atoms with Gasteiger partial charge in [-0.05, 0) is 36.5 Å². The Morgan fingerprint density at radius 1 is 1.25 bits per heavy atom. The van der Waals surface area contributed by atoms with Crippen molar-refractivity contribution in [2.75, 3.05) is 48.7 Å². The number of fused-ring (bicyclic) bond motifs is 1. The summed E-state index contributed by atoms with van der Waals surface area (Å²) in [6.45, 7) is 4.18. The van der Waals surface area contributed by atoms with Gasteiger partial charge in [-0.2, -0.15) is 5.10 Å². The molecule has 2 aliphatic rings. The van der Waals surface area contributed by atoms with Crippen molar-refractivity contribution in [3.63, 3.8) is 0 Å². The van der Waals surface area contributed by atoms with Gasteiger partial charge in [0.2, 0.25) is 0 Å². The van der Waals surface area contributed by atoms with Crippen molar-refractivity contribution in [1.29, 1.82) is 0 Å². The zero-order chi connectivity index (χ0) is 19.5. The van der Waals surface area contributed by atoms with Gasteiger partial charge in [-0.25, -0.2) is 0 Å². The molecule has 0 aliphatic carbocycles. The molecule has 1 aromatic heterocycles. The lowest BCUT2D eigenvalue weighted by molar-refractivity contribution is 0.381.